The number of anilines is 1. The summed E-state index contributed by atoms with van der Waals surface area (Å²) in [4.78, 5) is 0. The van der Waals surface area contributed by atoms with Crippen LogP contribution in [0.25, 0.3) is 0 Å². The van der Waals surface area contributed by atoms with E-state index in [0.29, 0.717) is 16.5 Å². The number of halogens is 1. The third-order valence-electron chi connectivity index (χ3n) is 2.82. The molecule has 19 heavy (non-hydrogen) atoms. The topological polar surface area (TPSA) is 43.6 Å². The van der Waals surface area contributed by atoms with Crippen LogP contribution < -0.4 is 14.8 Å². The average molecular weight is 282 g/mol. The first-order chi connectivity index (χ1) is 9.15. The zero-order valence-electron chi connectivity index (χ0n) is 11.1. The van der Waals surface area contributed by atoms with Crippen LogP contribution in [0.1, 0.15) is 18.7 Å². The zero-order valence-corrected chi connectivity index (χ0v) is 11.8. The van der Waals surface area contributed by atoms with Crippen molar-refractivity contribution in [1.29, 1.82) is 0 Å². The molecule has 2 aromatic rings. The van der Waals surface area contributed by atoms with E-state index in [1.807, 2.05) is 19.1 Å². The lowest BCUT2D eigenvalue weighted by Crippen LogP contribution is -2.07. The highest BCUT2D eigenvalue weighted by Crippen LogP contribution is 2.37. The lowest BCUT2D eigenvalue weighted by molar-refractivity contribution is 0.395. The fourth-order valence-electron chi connectivity index (χ4n) is 1.81. The number of benzene rings is 1. The van der Waals surface area contributed by atoms with Gasteiger partial charge in [0, 0.05) is 6.07 Å². The molecular formula is C14H16ClNO3. The van der Waals surface area contributed by atoms with E-state index in [2.05, 4.69) is 5.32 Å². The summed E-state index contributed by atoms with van der Waals surface area (Å²) in [6.07, 6.45) is 1.64. The van der Waals surface area contributed by atoms with Crippen molar-refractivity contribution in [2.45, 2.75) is 13.0 Å². The minimum atomic E-state index is 0.00774. The Kier molecular flexibility index (Phi) is 4.22. The predicted octanol–water partition coefficient (Wildman–Crippen LogP) is 4.12. The molecule has 0 radical (unpaired) electrons. The standard InChI is InChI=1S/C14H16ClNO3/c1-9(12-5-4-6-19-12)16-11-7-10(15)13(17-2)8-14(11)18-3/h4-9,16H,1-3H3. The minimum absolute atomic E-state index is 0.00774. The molecule has 0 aliphatic heterocycles. The summed E-state index contributed by atoms with van der Waals surface area (Å²) in [5.74, 6) is 2.09. The van der Waals surface area contributed by atoms with Crippen molar-refractivity contribution in [3.05, 3.63) is 41.3 Å². The lowest BCUT2D eigenvalue weighted by atomic mass is 10.2. The molecule has 102 valence electrons. The second-order valence-corrected chi connectivity index (χ2v) is 4.48. The number of ether oxygens (including phenoxy) is 2. The van der Waals surface area contributed by atoms with Crippen molar-refractivity contribution < 1.29 is 13.9 Å². The molecule has 0 aliphatic carbocycles. The van der Waals surface area contributed by atoms with Gasteiger partial charge in [0.2, 0.25) is 0 Å². The summed E-state index contributed by atoms with van der Waals surface area (Å²) in [6, 6.07) is 7.30. The third kappa shape index (κ3) is 2.96. The highest BCUT2D eigenvalue weighted by Gasteiger charge is 2.14. The summed E-state index contributed by atoms with van der Waals surface area (Å²) in [5, 5.41) is 3.82. The Morgan fingerprint density at radius 3 is 2.53 bits per heavy atom. The van der Waals surface area contributed by atoms with Crippen molar-refractivity contribution in [2.75, 3.05) is 19.5 Å². The first-order valence-electron chi connectivity index (χ1n) is 5.87. The molecule has 0 saturated carbocycles. The second-order valence-electron chi connectivity index (χ2n) is 4.07. The van der Waals surface area contributed by atoms with Crippen LogP contribution in [-0.4, -0.2) is 14.2 Å². The molecule has 1 aromatic carbocycles. The van der Waals surface area contributed by atoms with Crippen molar-refractivity contribution in [3.8, 4) is 11.5 Å². The van der Waals surface area contributed by atoms with Crippen LogP contribution in [-0.2, 0) is 0 Å². The Balaban J connectivity index is 2.26. The fraction of sp³-hybridized carbons (Fsp3) is 0.286. The summed E-state index contributed by atoms with van der Waals surface area (Å²) in [5.41, 5.74) is 0.789. The van der Waals surface area contributed by atoms with Crippen LogP contribution in [0, 0.1) is 0 Å². The van der Waals surface area contributed by atoms with Gasteiger partial charge in [-0.2, -0.15) is 0 Å². The Morgan fingerprint density at radius 1 is 1.21 bits per heavy atom. The molecule has 1 aromatic heterocycles. The highest BCUT2D eigenvalue weighted by atomic mass is 35.5. The summed E-state index contributed by atoms with van der Waals surface area (Å²) < 4.78 is 15.8. The van der Waals surface area contributed by atoms with E-state index < -0.39 is 0 Å². The molecule has 0 spiro atoms. The minimum Gasteiger partial charge on any atom is -0.495 e. The molecular weight excluding hydrogens is 266 g/mol. The van der Waals surface area contributed by atoms with Crippen LogP contribution in [0.15, 0.2) is 34.9 Å². The van der Waals surface area contributed by atoms with Crippen LogP contribution in [0.5, 0.6) is 11.5 Å². The fourth-order valence-corrected chi connectivity index (χ4v) is 2.06. The van der Waals surface area contributed by atoms with Crippen LogP contribution in [0.3, 0.4) is 0 Å². The van der Waals surface area contributed by atoms with Crippen LogP contribution in [0.2, 0.25) is 5.02 Å². The van der Waals surface area contributed by atoms with E-state index in [1.165, 1.54) is 0 Å². The molecule has 1 atom stereocenters. The largest absolute Gasteiger partial charge is 0.495 e. The molecule has 1 N–H and O–H groups in total. The maximum absolute atomic E-state index is 6.12. The number of hydrogen-bond donors (Lipinski definition) is 1. The van der Waals surface area contributed by atoms with Gasteiger partial charge in [0.25, 0.3) is 0 Å². The van der Waals surface area contributed by atoms with Gasteiger partial charge in [0.05, 0.1) is 37.2 Å². The van der Waals surface area contributed by atoms with Gasteiger partial charge < -0.3 is 19.2 Å². The number of furan rings is 1. The molecule has 0 amide bonds. The molecule has 5 heteroatoms. The maximum atomic E-state index is 6.12. The monoisotopic (exact) mass is 281 g/mol. The van der Waals surface area contributed by atoms with Gasteiger partial charge in [-0.25, -0.2) is 0 Å². The van der Waals surface area contributed by atoms with Gasteiger partial charge in [0.1, 0.15) is 17.3 Å². The Bertz CT molecular complexity index is 540. The number of methoxy groups -OCH3 is 2. The van der Waals surface area contributed by atoms with Crippen molar-refractivity contribution in [3.63, 3.8) is 0 Å². The first kappa shape index (κ1) is 13.6. The SMILES string of the molecule is COc1cc(OC)c(NC(C)c2ccco2)cc1Cl. The predicted molar refractivity (Wildman–Crippen MR) is 75.3 cm³/mol. The van der Waals surface area contributed by atoms with Crippen LogP contribution in [0.4, 0.5) is 5.69 Å². The molecule has 4 nitrogen and oxygen atoms in total. The quantitative estimate of drug-likeness (QED) is 0.895. The summed E-state index contributed by atoms with van der Waals surface area (Å²) in [6.45, 7) is 2.00. The van der Waals surface area contributed by atoms with Crippen LogP contribution >= 0.6 is 11.6 Å². The molecule has 0 bridgehead atoms. The van der Waals surface area contributed by atoms with Gasteiger partial charge in [-0.15, -0.1) is 0 Å². The first-order valence-corrected chi connectivity index (χ1v) is 6.25. The van der Waals surface area contributed by atoms with E-state index in [9.17, 15) is 0 Å². The van der Waals surface area contributed by atoms with Crippen molar-refractivity contribution in [1.82, 2.24) is 0 Å². The Hall–Kier alpha value is -1.81. The lowest BCUT2D eigenvalue weighted by Gasteiger charge is -2.17. The third-order valence-corrected chi connectivity index (χ3v) is 3.11. The Morgan fingerprint density at radius 2 is 1.95 bits per heavy atom. The maximum Gasteiger partial charge on any atom is 0.145 e. The van der Waals surface area contributed by atoms with E-state index in [-0.39, 0.29) is 6.04 Å². The van der Waals surface area contributed by atoms with Gasteiger partial charge in [-0.05, 0) is 25.1 Å². The van der Waals surface area contributed by atoms with E-state index in [0.717, 1.165) is 11.4 Å². The molecule has 0 fully saturated rings. The van der Waals surface area contributed by atoms with E-state index in [4.69, 9.17) is 25.5 Å². The van der Waals surface area contributed by atoms with Crippen molar-refractivity contribution >= 4 is 17.3 Å². The molecule has 0 saturated heterocycles. The number of rotatable bonds is 5. The second kappa shape index (κ2) is 5.89. The van der Waals surface area contributed by atoms with Gasteiger partial charge in [0.15, 0.2) is 0 Å². The van der Waals surface area contributed by atoms with E-state index >= 15 is 0 Å². The van der Waals surface area contributed by atoms with Gasteiger partial charge in [-0.1, -0.05) is 11.6 Å². The smallest absolute Gasteiger partial charge is 0.145 e. The summed E-state index contributed by atoms with van der Waals surface area (Å²) >= 11 is 6.12. The number of hydrogen-bond acceptors (Lipinski definition) is 4. The normalized spacial score (nSPS) is 12.0. The molecule has 1 heterocycles. The molecule has 1 unspecified atom stereocenters. The Labute approximate surface area is 117 Å². The molecule has 0 aliphatic rings. The van der Waals surface area contributed by atoms with Gasteiger partial charge in [-0.3, -0.25) is 0 Å². The highest BCUT2D eigenvalue weighted by molar-refractivity contribution is 6.32. The van der Waals surface area contributed by atoms with E-state index in [1.54, 1.807) is 32.6 Å². The average Bonchev–Trinajstić information content (AvgIpc) is 2.93. The molecule has 2 rings (SSSR count). The zero-order chi connectivity index (χ0) is 13.8. The van der Waals surface area contributed by atoms with Gasteiger partial charge >= 0.3 is 0 Å². The number of nitrogens with one attached hydrogen (secondary N) is 1. The van der Waals surface area contributed by atoms with Crippen molar-refractivity contribution in [2.24, 2.45) is 0 Å². The summed E-state index contributed by atoms with van der Waals surface area (Å²) in [7, 11) is 3.17.